The summed E-state index contributed by atoms with van der Waals surface area (Å²) in [6.45, 7) is 1.00. The molecule has 1 N–H and O–H groups in total. The van der Waals surface area contributed by atoms with Crippen LogP contribution >= 0.6 is 11.3 Å². The topological polar surface area (TPSA) is 51.2 Å². The average Bonchev–Trinajstić information content (AvgIpc) is 3.29. The van der Waals surface area contributed by atoms with Gasteiger partial charge in [0.05, 0.1) is 13.3 Å². The number of esters is 1. The van der Waals surface area contributed by atoms with Crippen LogP contribution in [0.15, 0.2) is 6.20 Å². The summed E-state index contributed by atoms with van der Waals surface area (Å²) >= 11 is 1.38. The van der Waals surface area contributed by atoms with Crippen LogP contribution in [0.1, 0.15) is 35.4 Å². The third-order valence-electron chi connectivity index (χ3n) is 3.84. The Kier molecular flexibility index (Phi) is 3.24. The van der Waals surface area contributed by atoms with Crippen LogP contribution < -0.4 is 5.32 Å². The molecule has 2 saturated carbocycles. The third kappa shape index (κ3) is 2.66. The van der Waals surface area contributed by atoms with E-state index in [1.807, 2.05) is 0 Å². The van der Waals surface area contributed by atoms with Crippen molar-refractivity contribution in [3.05, 3.63) is 11.1 Å². The number of nitrogens with zero attached hydrogens (tertiary/aromatic N) is 1. The van der Waals surface area contributed by atoms with E-state index < -0.39 is 0 Å². The molecule has 0 aliphatic heterocycles. The average molecular weight is 266 g/mol. The van der Waals surface area contributed by atoms with Crippen LogP contribution in [0, 0.1) is 17.8 Å². The van der Waals surface area contributed by atoms with Crippen LogP contribution in [-0.2, 0) is 4.74 Å². The highest BCUT2D eigenvalue weighted by Gasteiger charge is 2.41. The Balaban J connectivity index is 1.55. The number of ether oxygens (including phenoxy) is 1. The lowest BCUT2D eigenvalue weighted by atomic mass is 9.98. The fraction of sp³-hybridized carbons (Fsp3) is 0.692. The van der Waals surface area contributed by atoms with Crippen molar-refractivity contribution in [1.29, 1.82) is 0 Å². The fourth-order valence-electron chi connectivity index (χ4n) is 2.52. The summed E-state index contributed by atoms with van der Waals surface area (Å²) in [5, 5.41) is 4.22. The van der Waals surface area contributed by atoms with Crippen molar-refractivity contribution in [3.63, 3.8) is 0 Å². The number of methoxy groups -OCH3 is 1. The lowest BCUT2D eigenvalue weighted by molar-refractivity contribution is 0.0606. The van der Waals surface area contributed by atoms with Gasteiger partial charge in [-0.3, -0.25) is 0 Å². The molecule has 0 spiro atoms. The number of rotatable bonds is 6. The molecule has 4 nitrogen and oxygen atoms in total. The second-order valence-electron chi connectivity index (χ2n) is 5.24. The minimum Gasteiger partial charge on any atom is -0.465 e. The summed E-state index contributed by atoms with van der Waals surface area (Å²) in [5.41, 5.74) is 0. The number of nitrogens with one attached hydrogen (secondary N) is 1. The number of aromatic nitrogens is 1. The van der Waals surface area contributed by atoms with Gasteiger partial charge < -0.3 is 10.1 Å². The van der Waals surface area contributed by atoms with Gasteiger partial charge in [0.25, 0.3) is 0 Å². The zero-order valence-corrected chi connectivity index (χ0v) is 11.3. The van der Waals surface area contributed by atoms with Crippen LogP contribution in [0.4, 0.5) is 5.13 Å². The van der Waals surface area contributed by atoms with E-state index in [0.29, 0.717) is 4.88 Å². The molecule has 1 heterocycles. The molecule has 1 aromatic rings. The third-order valence-corrected chi connectivity index (χ3v) is 4.77. The molecular weight excluding hydrogens is 248 g/mol. The Morgan fingerprint density at radius 1 is 1.50 bits per heavy atom. The molecule has 1 aromatic heterocycles. The molecule has 0 radical (unpaired) electrons. The highest BCUT2D eigenvalue weighted by atomic mass is 32.1. The van der Waals surface area contributed by atoms with Crippen molar-refractivity contribution < 1.29 is 9.53 Å². The van der Waals surface area contributed by atoms with Gasteiger partial charge in [-0.2, -0.15) is 0 Å². The zero-order valence-electron chi connectivity index (χ0n) is 10.5. The lowest BCUT2D eigenvalue weighted by Crippen LogP contribution is -2.18. The number of thiazole rings is 1. The first-order valence-corrected chi connectivity index (χ1v) is 7.37. The van der Waals surface area contributed by atoms with Crippen molar-refractivity contribution in [2.45, 2.75) is 25.7 Å². The normalized spacial score (nSPS) is 19.0. The second-order valence-corrected chi connectivity index (χ2v) is 6.27. The van der Waals surface area contributed by atoms with Crippen molar-refractivity contribution in [3.8, 4) is 0 Å². The smallest absolute Gasteiger partial charge is 0.349 e. The van der Waals surface area contributed by atoms with Gasteiger partial charge >= 0.3 is 5.97 Å². The largest absolute Gasteiger partial charge is 0.465 e. The van der Waals surface area contributed by atoms with Gasteiger partial charge in [0.15, 0.2) is 5.13 Å². The quantitative estimate of drug-likeness (QED) is 0.804. The van der Waals surface area contributed by atoms with E-state index in [9.17, 15) is 4.79 Å². The predicted octanol–water partition coefficient (Wildman–Crippen LogP) is 2.78. The summed E-state index contributed by atoms with van der Waals surface area (Å²) in [4.78, 5) is 16.1. The molecule has 2 aliphatic carbocycles. The molecule has 18 heavy (non-hydrogen) atoms. The first kappa shape index (κ1) is 12.0. The van der Waals surface area contributed by atoms with E-state index in [1.54, 1.807) is 6.20 Å². The first-order valence-electron chi connectivity index (χ1n) is 6.56. The van der Waals surface area contributed by atoms with E-state index >= 15 is 0 Å². The van der Waals surface area contributed by atoms with Crippen molar-refractivity contribution in [2.75, 3.05) is 19.0 Å². The predicted molar refractivity (Wildman–Crippen MR) is 70.9 cm³/mol. The maximum atomic E-state index is 11.3. The summed E-state index contributed by atoms with van der Waals surface area (Å²) in [6.07, 6.45) is 7.17. The molecule has 0 aromatic carbocycles. The Bertz CT molecular complexity index is 426. The van der Waals surface area contributed by atoms with Crippen LogP contribution in [-0.4, -0.2) is 24.6 Å². The van der Waals surface area contributed by atoms with Gasteiger partial charge in [0.2, 0.25) is 0 Å². The molecule has 0 saturated heterocycles. The number of anilines is 1. The molecule has 5 heteroatoms. The van der Waals surface area contributed by atoms with Gasteiger partial charge in [-0.25, -0.2) is 9.78 Å². The summed E-state index contributed by atoms with van der Waals surface area (Å²) in [6, 6.07) is 0. The van der Waals surface area contributed by atoms with Crippen LogP contribution in [0.5, 0.6) is 0 Å². The number of carbonyl (C=O) groups is 1. The highest BCUT2D eigenvalue weighted by Crippen LogP contribution is 2.49. The van der Waals surface area contributed by atoms with E-state index in [-0.39, 0.29) is 5.97 Å². The minimum atomic E-state index is -0.304. The van der Waals surface area contributed by atoms with Crippen LogP contribution in [0.25, 0.3) is 0 Å². The number of carbonyl (C=O) groups excluding carboxylic acids is 1. The van der Waals surface area contributed by atoms with E-state index in [4.69, 9.17) is 0 Å². The van der Waals surface area contributed by atoms with Gasteiger partial charge in [0, 0.05) is 6.54 Å². The minimum absolute atomic E-state index is 0.304. The monoisotopic (exact) mass is 266 g/mol. The van der Waals surface area contributed by atoms with Crippen molar-refractivity contribution >= 4 is 22.4 Å². The summed E-state index contributed by atoms with van der Waals surface area (Å²) in [5.74, 6) is 2.38. The Hall–Kier alpha value is -1.10. The van der Waals surface area contributed by atoms with Gasteiger partial charge in [-0.15, -0.1) is 0 Å². The maximum Gasteiger partial charge on any atom is 0.349 e. The molecule has 0 atom stereocenters. The molecule has 2 fully saturated rings. The molecule has 0 unspecified atom stereocenters. The molecule has 98 valence electrons. The zero-order chi connectivity index (χ0) is 12.5. The van der Waals surface area contributed by atoms with Gasteiger partial charge in [0.1, 0.15) is 4.88 Å². The van der Waals surface area contributed by atoms with Crippen LogP contribution in [0.3, 0.4) is 0 Å². The Morgan fingerprint density at radius 2 is 2.17 bits per heavy atom. The summed E-state index contributed by atoms with van der Waals surface area (Å²) < 4.78 is 4.68. The second kappa shape index (κ2) is 4.88. The first-order chi connectivity index (χ1) is 8.78. The standard InChI is InChI=1S/C13H18N2O2S/c1-17-12(16)11-7-15-13(18-11)14-6-10(8-2-3-8)9-4-5-9/h7-10H,2-6H2,1H3,(H,14,15). The maximum absolute atomic E-state index is 11.3. The fourth-order valence-corrected chi connectivity index (χ4v) is 3.26. The molecule has 0 bridgehead atoms. The molecule has 0 amide bonds. The number of hydrogen-bond acceptors (Lipinski definition) is 5. The summed E-state index contributed by atoms with van der Waals surface area (Å²) in [7, 11) is 1.39. The number of hydrogen-bond donors (Lipinski definition) is 1. The van der Waals surface area contributed by atoms with E-state index in [0.717, 1.165) is 29.4 Å². The Morgan fingerprint density at radius 3 is 2.72 bits per heavy atom. The Labute approximate surface area is 111 Å². The molecular formula is C13H18N2O2S. The molecule has 3 rings (SSSR count). The van der Waals surface area contributed by atoms with Crippen molar-refractivity contribution in [2.24, 2.45) is 17.8 Å². The highest BCUT2D eigenvalue weighted by molar-refractivity contribution is 7.17. The molecule has 2 aliphatic rings. The van der Waals surface area contributed by atoms with Gasteiger partial charge in [-0.05, 0) is 43.4 Å². The van der Waals surface area contributed by atoms with Crippen LogP contribution in [0.2, 0.25) is 0 Å². The van der Waals surface area contributed by atoms with E-state index in [2.05, 4.69) is 15.0 Å². The SMILES string of the molecule is COC(=O)c1cnc(NCC(C2CC2)C2CC2)s1. The van der Waals surface area contributed by atoms with Crippen molar-refractivity contribution in [1.82, 2.24) is 4.98 Å². The van der Waals surface area contributed by atoms with Gasteiger partial charge in [-0.1, -0.05) is 11.3 Å². The lowest BCUT2D eigenvalue weighted by Gasteiger charge is -2.15. The van der Waals surface area contributed by atoms with E-state index in [1.165, 1.54) is 44.1 Å².